The summed E-state index contributed by atoms with van der Waals surface area (Å²) in [6, 6.07) is 0. The van der Waals surface area contributed by atoms with Gasteiger partial charge in [0.05, 0.1) is 19.4 Å². The lowest BCUT2D eigenvalue weighted by Crippen LogP contribution is -2.35. The van der Waals surface area contributed by atoms with Gasteiger partial charge in [-0.15, -0.1) is 0 Å². The van der Waals surface area contributed by atoms with Crippen LogP contribution in [0.15, 0.2) is 0 Å². The van der Waals surface area contributed by atoms with Crippen LogP contribution in [-0.4, -0.2) is 46.8 Å². The molecule has 0 aliphatic rings. The largest absolute Gasteiger partial charge is 0.395 e. The summed E-state index contributed by atoms with van der Waals surface area (Å²) in [5.41, 5.74) is 0. The first-order valence-corrected chi connectivity index (χ1v) is 5.38. The summed E-state index contributed by atoms with van der Waals surface area (Å²) < 4.78 is 10.3. The summed E-state index contributed by atoms with van der Waals surface area (Å²) in [4.78, 5) is 27.5. The predicted octanol–water partition coefficient (Wildman–Crippen LogP) is -2.18. The van der Waals surface area contributed by atoms with E-state index in [2.05, 4.69) is 10.6 Å². The van der Waals surface area contributed by atoms with Gasteiger partial charge in [-0.1, -0.05) is 0 Å². The Morgan fingerprint density at radius 1 is 1.38 bits per heavy atom. The predicted molar refractivity (Wildman–Crippen MR) is 45.0 cm³/mol. The Bertz CT molecular complexity index is 203. The van der Waals surface area contributed by atoms with Crippen molar-refractivity contribution in [3.05, 3.63) is 0 Å². The second-order valence-corrected chi connectivity index (χ2v) is 3.97. The molecule has 0 unspecified atom stereocenters. The molecule has 0 aromatic heterocycles. The van der Waals surface area contributed by atoms with Crippen molar-refractivity contribution in [3.8, 4) is 0 Å². The third-order valence-electron chi connectivity index (χ3n) is 1.04. The quantitative estimate of drug-likeness (QED) is 0.319. The second-order valence-electron chi connectivity index (χ2n) is 2.32. The summed E-state index contributed by atoms with van der Waals surface area (Å²) in [7, 11) is -4.09. The molecule has 5 N–H and O–H groups in total. The van der Waals surface area contributed by atoms with E-state index in [-0.39, 0.29) is 19.7 Å². The Morgan fingerprint density at radius 3 is 2.46 bits per heavy atom. The Balaban J connectivity index is 3.43. The number of carbonyl (C=O) groups is 1. The minimum atomic E-state index is -4.09. The second kappa shape index (κ2) is 6.06. The molecule has 0 aliphatic heterocycles. The molecule has 1 amide bonds. The molecule has 7 nitrogen and oxygen atoms in total. The van der Waals surface area contributed by atoms with Gasteiger partial charge in [-0.05, 0) is 0 Å². The molecular formula is C5H13N2O5P. The number of carbonyl (C=O) groups excluding carboxylic acids is 1. The summed E-state index contributed by atoms with van der Waals surface area (Å²) >= 11 is 0. The van der Waals surface area contributed by atoms with Gasteiger partial charge in [-0.3, -0.25) is 14.7 Å². The Morgan fingerprint density at radius 2 is 2.00 bits per heavy atom. The first-order chi connectivity index (χ1) is 5.95. The first kappa shape index (κ1) is 12.5. The summed E-state index contributed by atoms with van der Waals surface area (Å²) in [5.74, 6) is -0.414. The zero-order chi connectivity index (χ0) is 10.3. The zero-order valence-electron chi connectivity index (χ0n) is 6.93. The highest BCUT2D eigenvalue weighted by Crippen LogP contribution is 2.31. The van der Waals surface area contributed by atoms with Crippen LogP contribution in [0, 0.1) is 0 Å². The van der Waals surface area contributed by atoms with Gasteiger partial charge in [0.15, 0.2) is 0 Å². The van der Waals surface area contributed by atoms with Crippen LogP contribution in [-0.2, 0) is 9.36 Å². The monoisotopic (exact) mass is 212 g/mol. The van der Waals surface area contributed by atoms with Gasteiger partial charge < -0.3 is 20.2 Å². The Kier molecular flexibility index (Phi) is 5.85. The van der Waals surface area contributed by atoms with Gasteiger partial charge in [0.1, 0.15) is 0 Å². The number of hydrogen-bond donors (Lipinski definition) is 5. The van der Waals surface area contributed by atoms with Crippen molar-refractivity contribution in [3.63, 3.8) is 0 Å². The molecule has 0 rings (SSSR count). The van der Waals surface area contributed by atoms with Crippen molar-refractivity contribution in [2.24, 2.45) is 0 Å². The van der Waals surface area contributed by atoms with Gasteiger partial charge in [-0.25, -0.2) is 0 Å². The van der Waals surface area contributed by atoms with Crippen LogP contribution in [0.4, 0.5) is 0 Å². The molecule has 0 aromatic carbocycles. The van der Waals surface area contributed by atoms with Crippen molar-refractivity contribution in [2.75, 3.05) is 26.0 Å². The van der Waals surface area contributed by atoms with Crippen LogP contribution in [0.1, 0.15) is 0 Å². The highest BCUT2D eigenvalue weighted by Gasteiger charge is 2.12. The van der Waals surface area contributed by atoms with Crippen molar-refractivity contribution in [2.45, 2.75) is 0 Å². The van der Waals surface area contributed by atoms with Gasteiger partial charge in [-0.2, -0.15) is 0 Å². The molecule has 0 saturated carbocycles. The van der Waals surface area contributed by atoms with Crippen LogP contribution < -0.4 is 10.6 Å². The maximum atomic E-state index is 10.8. The molecule has 0 aliphatic carbocycles. The van der Waals surface area contributed by atoms with E-state index < -0.39 is 19.8 Å². The number of aliphatic hydroxyl groups is 1. The fourth-order valence-electron chi connectivity index (χ4n) is 0.573. The van der Waals surface area contributed by atoms with E-state index in [1.54, 1.807) is 0 Å². The van der Waals surface area contributed by atoms with E-state index in [4.69, 9.17) is 14.9 Å². The van der Waals surface area contributed by atoms with Crippen molar-refractivity contribution in [1.29, 1.82) is 0 Å². The van der Waals surface area contributed by atoms with Crippen molar-refractivity contribution >= 4 is 13.5 Å². The van der Waals surface area contributed by atoms with Crippen LogP contribution in [0.25, 0.3) is 0 Å². The number of rotatable bonds is 6. The lowest BCUT2D eigenvalue weighted by Gasteiger charge is -2.06. The molecule has 8 heteroatoms. The lowest BCUT2D eigenvalue weighted by molar-refractivity contribution is -0.120. The number of aliphatic hydroxyl groups excluding tert-OH is 1. The summed E-state index contributed by atoms with van der Waals surface area (Å²) in [5, 5.41) is 12.9. The number of hydrogen-bond acceptors (Lipinski definition) is 4. The Hall–Kier alpha value is -0.460. The highest BCUT2D eigenvalue weighted by atomic mass is 31.2. The maximum absolute atomic E-state index is 10.8. The van der Waals surface area contributed by atoms with E-state index in [0.29, 0.717) is 0 Å². The average molecular weight is 212 g/mol. The molecule has 78 valence electrons. The van der Waals surface area contributed by atoms with E-state index in [0.717, 1.165) is 0 Å². The van der Waals surface area contributed by atoms with Crippen LogP contribution in [0.2, 0.25) is 0 Å². The van der Waals surface area contributed by atoms with Crippen molar-refractivity contribution < 1.29 is 24.3 Å². The first-order valence-electron chi connectivity index (χ1n) is 3.58. The zero-order valence-corrected chi connectivity index (χ0v) is 7.83. The van der Waals surface area contributed by atoms with Crippen LogP contribution in [0.5, 0.6) is 0 Å². The topological polar surface area (TPSA) is 119 Å². The molecular weight excluding hydrogens is 199 g/mol. The molecule has 0 saturated heterocycles. The third kappa shape index (κ3) is 9.45. The SMILES string of the molecule is O=C(CNCP(=O)(O)O)NCCO. The maximum Gasteiger partial charge on any atom is 0.339 e. The fourth-order valence-corrected chi connectivity index (χ4v) is 0.976. The molecule has 0 heterocycles. The van der Waals surface area contributed by atoms with Crippen molar-refractivity contribution in [1.82, 2.24) is 10.6 Å². The molecule has 13 heavy (non-hydrogen) atoms. The summed E-state index contributed by atoms with van der Waals surface area (Å²) in [6.45, 7) is -0.203. The standard InChI is InChI=1S/C5H13N2O5P/c8-2-1-7-5(9)3-6-4-13(10,11)12/h6,8H,1-4H2,(H,7,9)(H2,10,11,12). The molecule has 0 aromatic rings. The van der Waals surface area contributed by atoms with Gasteiger partial charge in [0, 0.05) is 6.54 Å². The normalized spacial score (nSPS) is 11.3. The van der Waals surface area contributed by atoms with E-state index >= 15 is 0 Å². The highest BCUT2D eigenvalue weighted by molar-refractivity contribution is 7.51. The van der Waals surface area contributed by atoms with E-state index in [1.807, 2.05) is 0 Å². The minimum Gasteiger partial charge on any atom is -0.395 e. The minimum absolute atomic E-state index is 0.135. The average Bonchev–Trinajstić information content (AvgIpc) is 1.98. The number of nitrogens with one attached hydrogen (secondary N) is 2. The van der Waals surface area contributed by atoms with E-state index in [1.165, 1.54) is 0 Å². The van der Waals surface area contributed by atoms with Gasteiger partial charge >= 0.3 is 7.60 Å². The van der Waals surface area contributed by atoms with E-state index in [9.17, 15) is 9.36 Å². The molecule has 0 radical (unpaired) electrons. The Labute approximate surface area is 75.3 Å². The number of amides is 1. The molecule has 0 fully saturated rings. The fraction of sp³-hybridized carbons (Fsp3) is 0.800. The smallest absolute Gasteiger partial charge is 0.339 e. The molecule has 0 spiro atoms. The van der Waals surface area contributed by atoms with Gasteiger partial charge in [0.25, 0.3) is 0 Å². The molecule has 0 atom stereocenters. The summed E-state index contributed by atoms with van der Waals surface area (Å²) in [6.07, 6.45) is -0.528. The molecule has 0 bridgehead atoms. The van der Waals surface area contributed by atoms with Crippen LogP contribution >= 0.6 is 7.60 Å². The third-order valence-corrected chi connectivity index (χ3v) is 1.67. The van der Waals surface area contributed by atoms with Crippen LogP contribution in [0.3, 0.4) is 0 Å². The lowest BCUT2D eigenvalue weighted by atomic mass is 10.5. The van der Waals surface area contributed by atoms with Gasteiger partial charge in [0.2, 0.25) is 5.91 Å².